The molecule has 0 atom stereocenters. The van der Waals surface area contributed by atoms with Gasteiger partial charge in [-0.3, -0.25) is 5.10 Å². The molecule has 2 aromatic rings. The lowest BCUT2D eigenvalue weighted by Gasteiger charge is -2.28. The summed E-state index contributed by atoms with van der Waals surface area (Å²) in [5, 5.41) is 8.14. The number of hydrogen-bond acceptors (Lipinski definition) is 3. The van der Waals surface area contributed by atoms with Gasteiger partial charge in [0.2, 0.25) is 0 Å². The molecule has 1 aliphatic heterocycles. The van der Waals surface area contributed by atoms with Crippen molar-refractivity contribution >= 4 is 29.1 Å². The van der Waals surface area contributed by atoms with Crippen molar-refractivity contribution < 1.29 is 0 Å². The molecule has 1 saturated heterocycles. The van der Waals surface area contributed by atoms with Crippen LogP contribution in [0.5, 0.6) is 0 Å². The summed E-state index contributed by atoms with van der Waals surface area (Å²) in [5.74, 6) is 0. The van der Waals surface area contributed by atoms with Crippen LogP contribution >= 0.6 is 23.5 Å². The summed E-state index contributed by atoms with van der Waals surface area (Å²) in [5.41, 5.74) is 6.50. The number of hydrogen-bond donors (Lipinski definition) is 1. The van der Waals surface area contributed by atoms with Crippen molar-refractivity contribution in [3.05, 3.63) is 51.8 Å². The molecule has 3 nitrogen and oxygen atoms in total. The van der Waals surface area contributed by atoms with Crippen molar-refractivity contribution in [2.24, 2.45) is 0 Å². The predicted molar refractivity (Wildman–Crippen MR) is 98.8 cm³/mol. The Morgan fingerprint density at radius 1 is 1.17 bits per heavy atom. The normalized spacial score (nSPS) is 15.9. The first-order valence-electron chi connectivity index (χ1n) is 7.93. The fourth-order valence-electron chi connectivity index (χ4n) is 2.93. The highest BCUT2D eigenvalue weighted by Gasteiger charge is 2.19. The van der Waals surface area contributed by atoms with Crippen molar-refractivity contribution in [2.75, 3.05) is 13.1 Å². The monoisotopic (exact) mass is 347 g/mol. The summed E-state index contributed by atoms with van der Waals surface area (Å²) in [4.78, 5) is 1.27. The molecule has 1 aromatic heterocycles. The lowest BCUT2D eigenvalue weighted by Crippen LogP contribution is -2.25. The quantitative estimate of drug-likeness (QED) is 0.769. The minimum absolute atomic E-state index is 0.795. The van der Waals surface area contributed by atoms with E-state index in [1.807, 2.05) is 24.1 Å². The van der Waals surface area contributed by atoms with Crippen molar-refractivity contribution in [3.63, 3.8) is 0 Å². The second kappa shape index (κ2) is 7.12. The van der Waals surface area contributed by atoms with Crippen LogP contribution in [0.3, 0.4) is 0 Å². The first-order chi connectivity index (χ1) is 11.0. The summed E-state index contributed by atoms with van der Waals surface area (Å²) >= 11 is 7.82. The molecule has 0 aliphatic carbocycles. The number of benzene rings is 1. The maximum absolute atomic E-state index is 5.98. The van der Waals surface area contributed by atoms with E-state index in [0.29, 0.717) is 0 Å². The fourth-order valence-corrected chi connectivity index (χ4v) is 4.04. The Bertz CT molecular complexity index is 689. The van der Waals surface area contributed by atoms with Gasteiger partial charge < -0.3 is 0 Å². The zero-order valence-electron chi connectivity index (χ0n) is 13.8. The van der Waals surface area contributed by atoms with Crippen LogP contribution in [0.2, 0.25) is 5.02 Å². The number of nitrogens with one attached hydrogen (secondary N) is 1. The molecule has 1 fully saturated rings. The molecular weight excluding hydrogens is 326 g/mol. The third kappa shape index (κ3) is 3.82. The minimum atomic E-state index is 0.795. The number of aryl methyl sites for hydroxylation is 2. The number of piperidine rings is 1. The largest absolute Gasteiger partial charge is 0.281 e. The zero-order valence-corrected chi connectivity index (χ0v) is 15.4. The van der Waals surface area contributed by atoms with Crippen LogP contribution in [-0.4, -0.2) is 27.6 Å². The van der Waals surface area contributed by atoms with E-state index in [-0.39, 0.29) is 0 Å². The van der Waals surface area contributed by atoms with Gasteiger partial charge in [-0.2, -0.15) is 5.10 Å². The maximum Gasteiger partial charge on any atom is 0.0743 e. The number of halogens is 1. The van der Waals surface area contributed by atoms with Crippen LogP contribution in [0, 0.1) is 13.8 Å². The van der Waals surface area contributed by atoms with Gasteiger partial charge in [0.1, 0.15) is 0 Å². The summed E-state index contributed by atoms with van der Waals surface area (Å²) in [6.07, 6.45) is 2.24. The average Bonchev–Trinajstić information content (AvgIpc) is 2.87. The van der Waals surface area contributed by atoms with Crippen LogP contribution in [0.25, 0.3) is 5.57 Å². The van der Waals surface area contributed by atoms with E-state index in [2.05, 4.69) is 47.4 Å². The Labute approximate surface area is 147 Å². The van der Waals surface area contributed by atoms with Gasteiger partial charge in [0.05, 0.1) is 10.6 Å². The summed E-state index contributed by atoms with van der Waals surface area (Å²) < 4.78 is 2.45. The molecule has 122 valence electrons. The second-order valence-corrected chi connectivity index (χ2v) is 7.56. The molecule has 1 N–H and O–H groups in total. The zero-order chi connectivity index (χ0) is 16.4. The number of aromatic nitrogens is 2. The molecule has 1 aliphatic rings. The average molecular weight is 348 g/mol. The van der Waals surface area contributed by atoms with Gasteiger partial charge >= 0.3 is 0 Å². The van der Waals surface area contributed by atoms with Crippen molar-refractivity contribution in [3.8, 4) is 0 Å². The molecular formula is C18H22ClN3S. The molecule has 3 rings (SSSR count). The third-order valence-corrected chi connectivity index (χ3v) is 6.07. The lowest BCUT2D eigenvalue weighted by molar-refractivity contribution is 0.435. The van der Waals surface area contributed by atoms with Crippen LogP contribution < -0.4 is 0 Å². The summed E-state index contributed by atoms with van der Waals surface area (Å²) in [7, 11) is 0. The van der Waals surface area contributed by atoms with E-state index in [0.717, 1.165) is 42.3 Å². The van der Waals surface area contributed by atoms with E-state index in [1.54, 1.807) is 5.57 Å². The molecule has 0 spiro atoms. The van der Waals surface area contributed by atoms with E-state index >= 15 is 0 Å². The highest BCUT2D eigenvalue weighted by atomic mass is 35.5. The molecule has 5 heteroatoms. The second-order valence-electron chi connectivity index (χ2n) is 6.02. The van der Waals surface area contributed by atoms with Crippen LogP contribution in [0.4, 0.5) is 0 Å². The Hall–Kier alpha value is -1.23. The van der Waals surface area contributed by atoms with E-state index < -0.39 is 0 Å². The smallest absolute Gasteiger partial charge is 0.0743 e. The van der Waals surface area contributed by atoms with Crippen LogP contribution in [0.1, 0.15) is 36.7 Å². The first kappa shape index (κ1) is 16.6. The minimum Gasteiger partial charge on any atom is -0.281 e. The lowest BCUT2D eigenvalue weighted by atomic mass is 9.95. The standard InChI is InChI=1S/C18H22ClN3S/c1-12(15-4-6-17(19)7-5-15)16-8-10-22(11-9-16)23-18-13(2)20-21-14(18)3/h4-7H,8-11H2,1-3H3,(H,20,21). The van der Waals surface area contributed by atoms with Gasteiger partial charge in [-0.25, -0.2) is 4.31 Å². The maximum atomic E-state index is 5.98. The van der Waals surface area contributed by atoms with Gasteiger partial charge in [0.15, 0.2) is 0 Å². The molecule has 0 unspecified atom stereocenters. The molecule has 23 heavy (non-hydrogen) atoms. The van der Waals surface area contributed by atoms with Crippen molar-refractivity contribution in [1.82, 2.24) is 14.5 Å². The van der Waals surface area contributed by atoms with Gasteiger partial charge in [0.25, 0.3) is 0 Å². The van der Waals surface area contributed by atoms with Crippen molar-refractivity contribution in [2.45, 2.75) is 38.5 Å². The van der Waals surface area contributed by atoms with E-state index in [9.17, 15) is 0 Å². The SMILES string of the molecule is CC(=C1CCN(Sc2c(C)n[nH]c2C)CC1)c1ccc(Cl)cc1. The number of rotatable bonds is 3. The molecule has 0 radical (unpaired) electrons. The van der Waals surface area contributed by atoms with E-state index in [1.165, 1.54) is 16.0 Å². The van der Waals surface area contributed by atoms with Crippen LogP contribution in [-0.2, 0) is 0 Å². The third-order valence-electron chi connectivity index (χ3n) is 4.41. The number of aromatic amines is 1. The Kier molecular flexibility index (Phi) is 5.14. The number of H-pyrrole nitrogens is 1. The molecule has 1 aromatic carbocycles. The Morgan fingerprint density at radius 2 is 1.83 bits per heavy atom. The highest BCUT2D eigenvalue weighted by molar-refractivity contribution is 7.97. The topological polar surface area (TPSA) is 31.9 Å². The number of allylic oxidation sites excluding steroid dienone is 1. The molecule has 0 amide bonds. The van der Waals surface area contributed by atoms with Gasteiger partial charge in [-0.05, 0) is 68.8 Å². The van der Waals surface area contributed by atoms with Crippen molar-refractivity contribution in [1.29, 1.82) is 0 Å². The van der Waals surface area contributed by atoms with Gasteiger partial charge in [0, 0.05) is 23.8 Å². The Balaban J connectivity index is 1.66. The summed E-state index contributed by atoms with van der Waals surface area (Å²) in [6.45, 7) is 8.53. The van der Waals surface area contributed by atoms with Gasteiger partial charge in [-0.15, -0.1) is 0 Å². The first-order valence-corrected chi connectivity index (χ1v) is 9.09. The van der Waals surface area contributed by atoms with E-state index in [4.69, 9.17) is 11.6 Å². The number of nitrogens with zero attached hydrogens (tertiary/aromatic N) is 2. The Morgan fingerprint density at radius 3 is 2.39 bits per heavy atom. The van der Waals surface area contributed by atoms with Gasteiger partial charge in [-0.1, -0.05) is 29.3 Å². The fraction of sp³-hybridized carbons (Fsp3) is 0.389. The summed E-state index contributed by atoms with van der Waals surface area (Å²) in [6, 6.07) is 8.17. The van der Waals surface area contributed by atoms with Crippen LogP contribution in [0.15, 0.2) is 34.7 Å². The predicted octanol–water partition coefficient (Wildman–Crippen LogP) is 5.26. The highest BCUT2D eigenvalue weighted by Crippen LogP contribution is 2.33. The molecule has 0 saturated carbocycles. The molecule has 0 bridgehead atoms. The molecule has 2 heterocycles.